The summed E-state index contributed by atoms with van der Waals surface area (Å²) in [4.78, 5) is 18.2. The molecule has 0 unspecified atom stereocenters. The van der Waals surface area contributed by atoms with Crippen LogP contribution in [0.1, 0.15) is 12.8 Å². The minimum Gasteiger partial charge on any atom is -0.497 e. The van der Waals surface area contributed by atoms with Crippen molar-refractivity contribution in [1.29, 1.82) is 0 Å². The van der Waals surface area contributed by atoms with Crippen LogP contribution in [0.4, 0.5) is 10.5 Å². The zero-order valence-corrected chi connectivity index (χ0v) is 16.0. The topological polar surface area (TPSA) is 89.7 Å². The van der Waals surface area contributed by atoms with E-state index in [4.69, 9.17) is 14.0 Å². The number of rotatable bonds is 7. The molecule has 146 valence electrons. The number of urea groups is 1. The van der Waals surface area contributed by atoms with Crippen LogP contribution in [0, 0.1) is 0 Å². The van der Waals surface area contributed by atoms with Crippen LogP contribution in [0.2, 0.25) is 0 Å². The van der Waals surface area contributed by atoms with Crippen molar-refractivity contribution >= 4 is 11.7 Å². The maximum absolute atomic E-state index is 12.4. The number of methoxy groups -OCH3 is 1. The summed E-state index contributed by atoms with van der Waals surface area (Å²) in [7, 11) is 3.22. The molecule has 3 aromatic rings. The number of ether oxygens (including phenoxy) is 2. The largest absolute Gasteiger partial charge is 0.497 e. The normalized spacial score (nSPS) is 10.4. The Kier molecular flexibility index (Phi) is 6.11. The lowest BCUT2D eigenvalue weighted by Crippen LogP contribution is -2.30. The number of hydrogen-bond acceptors (Lipinski definition) is 6. The Bertz CT molecular complexity index is 924. The lowest BCUT2D eigenvalue weighted by Gasteiger charge is -2.16. The van der Waals surface area contributed by atoms with Gasteiger partial charge in [0.2, 0.25) is 11.7 Å². The number of nitrogens with one attached hydrogen (secondary N) is 1. The van der Waals surface area contributed by atoms with E-state index in [0.717, 1.165) is 11.3 Å². The molecule has 0 aliphatic heterocycles. The van der Waals surface area contributed by atoms with E-state index >= 15 is 0 Å². The van der Waals surface area contributed by atoms with Crippen molar-refractivity contribution in [2.24, 2.45) is 0 Å². The molecule has 8 nitrogen and oxygen atoms in total. The third-order valence-corrected chi connectivity index (χ3v) is 3.93. The summed E-state index contributed by atoms with van der Waals surface area (Å²) in [5.74, 6) is 2.24. The lowest BCUT2D eigenvalue weighted by atomic mass is 10.2. The molecular weight excluding hydrogens is 360 g/mol. The molecule has 0 spiro atoms. The van der Waals surface area contributed by atoms with Gasteiger partial charge in [0.05, 0.1) is 13.7 Å². The molecule has 2 amide bonds. The van der Waals surface area contributed by atoms with Gasteiger partial charge in [0, 0.05) is 24.4 Å². The zero-order valence-electron chi connectivity index (χ0n) is 16.0. The Morgan fingerprint density at radius 1 is 1.18 bits per heavy atom. The van der Waals surface area contributed by atoms with Crippen molar-refractivity contribution in [3.8, 4) is 22.9 Å². The molecule has 0 aliphatic rings. The second-order valence-corrected chi connectivity index (χ2v) is 5.99. The van der Waals surface area contributed by atoms with Gasteiger partial charge in [-0.15, -0.1) is 0 Å². The average molecular weight is 382 g/mol. The highest BCUT2D eigenvalue weighted by Crippen LogP contribution is 2.21. The van der Waals surface area contributed by atoms with E-state index in [-0.39, 0.29) is 12.6 Å². The number of nitrogens with zero attached hydrogens (tertiary/aromatic N) is 3. The first-order valence-corrected chi connectivity index (χ1v) is 8.81. The van der Waals surface area contributed by atoms with E-state index in [0.29, 0.717) is 29.8 Å². The average Bonchev–Trinajstić information content (AvgIpc) is 3.17. The maximum Gasteiger partial charge on any atom is 0.322 e. The van der Waals surface area contributed by atoms with Crippen LogP contribution in [0.5, 0.6) is 11.5 Å². The Hall–Kier alpha value is -3.55. The van der Waals surface area contributed by atoms with Crippen LogP contribution in [0.15, 0.2) is 53.1 Å². The van der Waals surface area contributed by atoms with E-state index in [2.05, 4.69) is 15.5 Å². The van der Waals surface area contributed by atoms with Crippen LogP contribution in [-0.2, 0) is 6.54 Å². The summed E-state index contributed by atoms with van der Waals surface area (Å²) in [6.45, 7) is 2.72. The number of carbonyl (C=O) groups is 1. The Morgan fingerprint density at radius 3 is 2.68 bits per heavy atom. The molecule has 0 atom stereocenters. The van der Waals surface area contributed by atoms with Crippen molar-refractivity contribution in [3.63, 3.8) is 0 Å². The lowest BCUT2D eigenvalue weighted by molar-refractivity contribution is 0.213. The van der Waals surface area contributed by atoms with Gasteiger partial charge in [-0.05, 0) is 43.3 Å². The van der Waals surface area contributed by atoms with Gasteiger partial charge in [-0.2, -0.15) is 4.98 Å². The first kappa shape index (κ1) is 19.2. The summed E-state index contributed by atoms with van der Waals surface area (Å²) >= 11 is 0. The molecule has 8 heteroatoms. The number of aromatic nitrogens is 2. The molecule has 0 saturated heterocycles. The predicted octanol–water partition coefficient (Wildman–Crippen LogP) is 3.81. The summed E-state index contributed by atoms with van der Waals surface area (Å²) in [6, 6.07) is 14.3. The first-order valence-electron chi connectivity index (χ1n) is 8.81. The molecule has 1 aromatic heterocycles. The second kappa shape index (κ2) is 8.90. The molecule has 0 saturated carbocycles. The van der Waals surface area contributed by atoms with Crippen molar-refractivity contribution in [2.75, 3.05) is 26.1 Å². The van der Waals surface area contributed by atoms with Crippen LogP contribution in [0.3, 0.4) is 0 Å². The minimum absolute atomic E-state index is 0.180. The molecule has 0 aliphatic carbocycles. The predicted molar refractivity (Wildman–Crippen MR) is 104 cm³/mol. The molecule has 1 heterocycles. The van der Waals surface area contributed by atoms with E-state index in [1.165, 1.54) is 4.90 Å². The van der Waals surface area contributed by atoms with Crippen molar-refractivity contribution in [2.45, 2.75) is 13.5 Å². The van der Waals surface area contributed by atoms with Gasteiger partial charge in [-0.1, -0.05) is 11.2 Å². The Morgan fingerprint density at radius 2 is 1.96 bits per heavy atom. The van der Waals surface area contributed by atoms with Gasteiger partial charge in [-0.3, -0.25) is 0 Å². The smallest absolute Gasteiger partial charge is 0.322 e. The number of hydrogen-bond donors (Lipinski definition) is 1. The third kappa shape index (κ3) is 4.79. The number of carbonyl (C=O) groups excluding carboxylic acids is 1. The number of amides is 2. The summed E-state index contributed by atoms with van der Waals surface area (Å²) < 4.78 is 15.8. The Labute approximate surface area is 163 Å². The van der Waals surface area contributed by atoms with Gasteiger partial charge in [-0.25, -0.2) is 4.79 Å². The molecular formula is C20H22N4O4. The van der Waals surface area contributed by atoms with Gasteiger partial charge < -0.3 is 24.2 Å². The van der Waals surface area contributed by atoms with E-state index in [1.807, 2.05) is 31.2 Å². The minimum atomic E-state index is -0.297. The summed E-state index contributed by atoms with van der Waals surface area (Å²) in [5.41, 5.74) is 1.44. The van der Waals surface area contributed by atoms with Gasteiger partial charge in [0.15, 0.2) is 0 Å². The fourth-order valence-corrected chi connectivity index (χ4v) is 2.50. The molecule has 2 aromatic carbocycles. The highest BCUT2D eigenvalue weighted by molar-refractivity contribution is 5.89. The van der Waals surface area contributed by atoms with Crippen LogP contribution in [0.25, 0.3) is 11.4 Å². The summed E-state index contributed by atoms with van der Waals surface area (Å²) in [5, 5.41) is 6.78. The standard InChI is InChI=1S/C20H22N4O4/c1-4-27-16-10-8-14(9-11-16)19-22-18(28-23-19)13-24(2)20(25)21-15-6-5-7-17(12-15)26-3/h5-12H,4,13H2,1-3H3,(H,21,25). The first-order chi connectivity index (χ1) is 13.6. The molecule has 0 fully saturated rings. The SMILES string of the molecule is CCOc1ccc(-c2noc(CN(C)C(=O)Nc3cccc(OC)c3)n2)cc1. The van der Waals surface area contributed by atoms with Gasteiger partial charge >= 0.3 is 6.03 Å². The summed E-state index contributed by atoms with van der Waals surface area (Å²) in [6.07, 6.45) is 0. The highest BCUT2D eigenvalue weighted by atomic mass is 16.5. The molecule has 28 heavy (non-hydrogen) atoms. The number of benzene rings is 2. The van der Waals surface area contributed by atoms with Crippen molar-refractivity contribution in [1.82, 2.24) is 15.0 Å². The molecule has 1 N–H and O–H groups in total. The van der Waals surface area contributed by atoms with Crippen LogP contribution < -0.4 is 14.8 Å². The van der Waals surface area contributed by atoms with Gasteiger partial charge in [0.25, 0.3) is 0 Å². The highest BCUT2D eigenvalue weighted by Gasteiger charge is 2.15. The molecule has 0 bridgehead atoms. The fourth-order valence-electron chi connectivity index (χ4n) is 2.50. The molecule has 0 radical (unpaired) electrons. The molecule has 3 rings (SSSR count). The van der Waals surface area contributed by atoms with Crippen molar-refractivity contribution in [3.05, 3.63) is 54.4 Å². The fraction of sp³-hybridized carbons (Fsp3) is 0.250. The van der Waals surface area contributed by atoms with E-state index in [9.17, 15) is 4.79 Å². The third-order valence-electron chi connectivity index (χ3n) is 3.93. The van der Waals surface area contributed by atoms with Crippen LogP contribution in [-0.4, -0.2) is 41.8 Å². The second-order valence-electron chi connectivity index (χ2n) is 5.99. The van der Waals surface area contributed by atoms with Gasteiger partial charge in [0.1, 0.15) is 18.0 Å². The van der Waals surface area contributed by atoms with Crippen molar-refractivity contribution < 1.29 is 18.8 Å². The zero-order chi connectivity index (χ0) is 19.9. The maximum atomic E-state index is 12.4. The van der Waals surface area contributed by atoms with Crippen LogP contribution >= 0.6 is 0 Å². The monoisotopic (exact) mass is 382 g/mol. The number of anilines is 1. The van der Waals surface area contributed by atoms with E-state index < -0.39 is 0 Å². The quantitative estimate of drug-likeness (QED) is 0.668. The van der Waals surface area contributed by atoms with E-state index in [1.54, 1.807) is 38.4 Å². The Balaban J connectivity index is 1.61.